The summed E-state index contributed by atoms with van der Waals surface area (Å²) in [5, 5.41) is 0. The number of aromatic nitrogens is 1. The van der Waals surface area contributed by atoms with Gasteiger partial charge in [-0.3, -0.25) is 14.6 Å². The molecule has 0 atom stereocenters. The molecule has 1 rings (SSSR count). The van der Waals surface area contributed by atoms with Crippen molar-refractivity contribution in [3.8, 4) is 0 Å². The molecule has 0 saturated heterocycles. The topological polar surface area (TPSA) is 59.5 Å². The number of carbonyl (C=O) groups is 2. The number of hydrogen-bond acceptors (Lipinski definition) is 4. The van der Waals surface area contributed by atoms with Gasteiger partial charge in [0.15, 0.2) is 0 Å². The maximum absolute atomic E-state index is 12.2. The van der Waals surface area contributed by atoms with Gasteiger partial charge >= 0.3 is 5.97 Å². The molecule has 5 nitrogen and oxygen atoms in total. The van der Waals surface area contributed by atoms with Gasteiger partial charge in [0, 0.05) is 18.4 Å². The van der Waals surface area contributed by atoms with E-state index in [2.05, 4.69) is 4.98 Å². The Bertz CT molecular complexity index is 432. The fourth-order valence-electron chi connectivity index (χ4n) is 1.57. The molecule has 0 aliphatic carbocycles. The second-order valence-electron chi connectivity index (χ2n) is 3.76. The third-order valence-corrected chi connectivity index (χ3v) is 2.53. The van der Waals surface area contributed by atoms with Crippen molar-refractivity contribution < 1.29 is 14.3 Å². The molecule has 1 amide bonds. The van der Waals surface area contributed by atoms with Gasteiger partial charge in [0.05, 0.1) is 12.2 Å². The zero-order valence-electron chi connectivity index (χ0n) is 11.0. The van der Waals surface area contributed by atoms with E-state index in [4.69, 9.17) is 4.74 Å². The number of hydrogen-bond donors (Lipinski definition) is 0. The van der Waals surface area contributed by atoms with Crippen molar-refractivity contribution in [2.45, 2.75) is 20.8 Å². The van der Waals surface area contributed by atoms with Crippen LogP contribution in [0.5, 0.6) is 0 Å². The van der Waals surface area contributed by atoms with Gasteiger partial charge in [-0.05, 0) is 32.9 Å². The molecule has 1 aromatic rings. The summed E-state index contributed by atoms with van der Waals surface area (Å²) >= 11 is 0. The van der Waals surface area contributed by atoms with E-state index in [9.17, 15) is 9.59 Å². The van der Waals surface area contributed by atoms with E-state index >= 15 is 0 Å². The van der Waals surface area contributed by atoms with Crippen LogP contribution in [0.15, 0.2) is 18.3 Å². The van der Waals surface area contributed by atoms with E-state index in [0.717, 1.165) is 0 Å². The number of carbonyl (C=O) groups excluding carboxylic acids is 2. The Morgan fingerprint density at radius 2 is 2.11 bits per heavy atom. The summed E-state index contributed by atoms with van der Waals surface area (Å²) in [6.45, 7) is 6.07. The number of likely N-dealkylation sites (N-methyl/N-ethyl adjacent to an activating group) is 1. The summed E-state index contributed by atoms with van der Waals surface area (Å²) in [5.41, 5.74) is 1.17. The van der Waals surface area contributed by atoms with Crippen LogP contribution >= 0.6 is 0 Å². The van der Waals surface area contributed by atoms with Crippen LogP contribution in [0.25, 0.3) is 0 Å². The van der Waals surface area contributed by atoms with E-state index in [1.54, 1.807) is 32.2 Å². The molecule has 0 aliphatic rings. The first-order valence-corrected chi connectivity index (χ1v) is 5.96. The fourth-order valence-corrected chi connectivity index (χ4v) is 1.57. The molecule has 0 aromatic carbocycles. The van der Waals surface area contributed by atoms with Crippen LogP contribution in [-0.2, 0) is 9.53 Å². The van der Waals surface area contributed by atoms with Crippen molar-refractivity contribution in [3.63, 3.8) is 0 Å². The molecule has 1 heterocycles. The first-order chi connectivity index (χ1) is 8.60. The smallest absolute Gasteiger partial charge is 0.325 e. The predicted octanol–water partition coefficient (Wildman–Crippen LogP) is 1.42. The standard InChI is InChI=1S/C13H18N2O3/c1-4-15(9-12(16)18-5-2)13(17)11-7-6-8-14-10(11)3/h6-8H,4-5,9H2,1-3H3. The van der Waals surface area contributed by atoms with E-state index in [1.807, 2.05) is 6.92 Å². The summed E-state index contributed by atoms with van der Waals surface area (Å²) in [6.07, 6.45) is 1.63. The number of pyridine rings is 1. The number of esters is 1. The van der Waals surface area contributed by atoms with Gasteiger partial charge in [0.25, 0.3) is 5.91 Å². The van der Waals surface area contributed by atoms with Gasteiger partial charge in [0.2, 0.25) is 0 Å². The Kier molecular flexibility index (Phi) is 5.30. The highest BCUT2D eigenvalue weighted by Crippen LogP contribution is 2.08. The van der Waals surface area contributed by atoms with Crippen LogP contribution in [-0.4, -0.2) is 41.5 Å². The highest BCUT2D eigenvalue weighted by atomic mass is 16.5. The summed E-state index contributed by atoms with van der Waals surface area (Å²) in [4.78, 5) is 29.1. The SMILES string of the molecule is CCOC(=O)CN(CC)C(=O)c1cccnc1C. The molecular formula is C13H18N2O3. The Morgan fingerprint density at radius 1 is 1.39 bits per heavy atom. The lowest BCUT2D eigenvalue weighted by Crippen LogP contribution is -2.36. The molecule has 0 unspecified atom stereocenters. The summed E-state index contributed by atoms with van der Waals surface area (Å²) in [5.74, 6) is -0.592. The van der Waals surface area contributed by atoms with Crippen LogP contribution in [0, 0.1) is 6.92 Å². The monoisotopic (exact) mass is 250 g/mol. The molecule has 0 saturated carbocycles. The zero-order valence-corrected chi connectivity index (χ0v) is 11.0. The number of ether oxygens (including phenoxy) is 1. The van der Waals surface area contributed by atoms with Gasteiger partial charge in [-0.15, -0.1) is 0 Å². The highest BCUT2D eigenvalue weighted by molar-refractivity contribution is 5.96. The highest BCUT2D eigenvalue weighted by Gasteiger charge is 2.19. The number of rotatable bonds is 5. The molecular weight excluding hydrogens is 232 g/mol. The van der Waals surface area contributed by atoms with Crippen molar-refractivity contribution in [1.82, 2.24) is 9.88 Å². The van der Waals surface area contributed by atoms with Gasteiger partial charge in [0.1, 0.15) is 6.54 Å². The second kappa shape index (κ2) is 6.74. The number of nitrogens with zero attached hydrogens (tertiary/aromatic N) is 2. The average Bonchev–Trinajstić information content (AvgIpc) is 2.36. The van der Waals surface area contributed by atoms with Gasteiger partial charge in [-0.2, -0.15) is 0 Å². The van der Waals surface area contributed by atoms with Crippen LogP contribution in [0.3, 0.4) is 0 Å². The Hall–Kier alpha value is -1.91. The Balaban J connectivity index is 2.80. The Morgan fingerprint density at radius 3 is 2.67 bits per heavy atom. The molecule has 0 aliphatic heterocycles. The maximum Gasteiger partial charge on any atom is 0.325 e. The van der Waals surface area contributed by atoms with Crippen LogP contribution in [0.1, 0.15) is 29.9 Å². The van der Waals surface area contributed by atoms with Gasteiger partial charge in [-0.25, -0.2) is 0 Å². The second-order valence-corrected chi connectivity index (χ2v) is 3.76. The molecule has 0 radical (unpaired) electrons. The zero-order chi connectivity index (χ0) is 13.5. The average molecular weight is 250 g/mol. The largest absolute Gasteiger partial charge is 0.465 e. The van der Waals surface area contributed by atoms with Crippen molar-refractivity contribution in [2.24, 2.45) is 0 Å². The third kappa shape index (κ3) is 3.55. The van der Waals surface area contributed by atoms with E-state index in [0.29, 0.717) is 24.4 Å². The minimum absolute atomic E-state index is 0.0303. The molecule has 5 heteroatoms. The predicted molar refractivity (Wildman–Crippen MR) is 67.2 cm³/mol. The number of aryl methyl sites for hydroxylation is 1. The van der Waals surface area contributed by atoms with Crippen molar-refractivity contribution in [3.05, 3.63) is 29.6 Å². The van der Waals surface area contributed by atoms with Gasteiger partial charge in [-0.1, -0.05) is 0 Å². The summed E-state index contributed by atoms with van der Waals surface area (Å²) in [6, 6.07) is 3.41. The molecule has 0 bridgehead atoms. The van der Waals surface area contributed by atoms with Gasteiger partial charge < -0.3 is 9.64 Å². The maximum atomic E-state index is 12.2. The van der Waals surface area contributed by atoms with Crippen LogP contribution in [0.2, 0.25) is 0 Å². The molecule has 1 aromatic heterocycles. The minimum atomic E-state index is -0.394. The van der Waals surface area contributed by atoms with E-state index in [-0.39, 0.29) is 12.5 Å². The van der Waals surface area contributed by atoms with Crippen LogP contribution in [0.4, 0.5) is 0 Å². The lowest BCUT2D eigenvalue weighted by Gasteiger charge is -2.20. The first kappa shape index (κ1) is 14.2. The lowest BCUT2D eigenvalue weighted by atomic mass is 10.2. The molecule has 18 heavy (non-hydrogen) atoms. The quantitative estimate of drug-likeness (QED) is 0.741. The van der Waals surface area contributed by atoms with Crippen molar-refractivity contribution in [1.29, 1.82) is 0 Å². The van der Waals surface area contributed by atoms with Crippen molar-refractivity contribution in [2.75, 3.05) is 19.7 Å². The molecule has 0 spiro atoms. The van der Waals surface area contributed by atoms with E-state index in [1.165, 1.54) is 4.90 Å². The third-order valence-electron chi connectivity index (χ3n) is 2.53. The lowest BCUT2D eigenvalue weighted by molar-refractivity contribution is -0.143. The first-order valence-electron chi connectivity index (χ1n) is 5.96. The minimum Gasteiger partial charge on any atom is -0.465 e. The normalized spacial score (nSPS) is 9.94. The Labute approximate surface area is 107 Å². The summed E-state index contributed by atoms with van der Waals surface area (Å²) < 4.78 is 4.84. The molecule has 0 fully saturated rings. The molecule has 98 valence electrons. The number of amides is 1. The fraction of sp³-hybridized carbons (Fsp3) is 0.462. The van der Waals surface area contributed by atoms with E-state index < -0.39 is 5.97 Å². The molecule has 0 N–H and O–H groups in total. The summed E-state index contributed by atoms with van der Waals surface area (Å²) in [7, 11) is 0. The van der Waals surface area contributed by atoms with Crippen LogP contribution < -0.4 is 0 Å². The van der Waals surface area contributed by atoms with Crippen molar-refractivity contribution >= 4 is 11.9 Å².